The van der Waals surface area contributed by atoms with E-state index in [2.05, 4.69) is 9.72 Å². The zero-order valence-corrected chi connectivity index (χ0v) is 23.1. The Morgan fingerprint density at radius 3 is 2.56 bits per heavy atom. The summed E-state index contributed by atoms with van der Waals surface area (Å²) in [5.74, 6) is 0.884. The molecule has 6 rings (SSSR count). The molecule has 204 valence electrons. The molecule has 0 saturated carbocycles. The molecule has 11 heteroatoms. The SMILES string of the molecule is Cc1ccc(F)cc1N1C(=O)CC[C@H]1c1nc2cc(-c3c(C)noc3C)ccc2n1[C@@H]1CCN(S(C)(=O)=O)C1. The van der Waals surface area contributed by atoms with Crippen LogP contribution >= 0.6 is 0 Å². The van der Waals surface area contributed by atoms with Gasteiger partial charge in [-0.1, -0.05) is 17.3 Å². The lowest BCUT2D eigenvalue weighted by Gasteiger charge is -2.28. The molecular formula is C28H30FN5O4S. The second-order valence-corrected chi connectivity index (χ2v) is 12.5. The number of imidazole rings is 1. The van der Waals surface area contributed by atoms with Crippen molar-refractivity contribution in [3.05, 3.63) is 65.1 Å². The molecule has 0 bridgehead atoms. The van der Waals surface area contributed by atoms with Crippen molar-refractivity contribution in [3.8, 4) is 11.1 Å². The van der Waals surface area contributed by atoms with Crippen molar-refractivity contribution in [1.82, 2.24) is 19.0 Å². The molecule has 0 unspecified atom stereocenters. The van der Waals surface area contributed by atoms with Crippen LogP contribution in [0.5, 0.6) is 0 Å². The van der Waals surface area contributed by atoms with E-state index >= 15 is 0 Å². The molecule has 2 aliphatic heterocycles. The highest BCUT2D eigenvalue weighted by Gasteiger charge is 2.40. The van der Waals surface area contributed by atoms with Crippen LogP contribution in [0.15, 0.2) is 40.9 Å². The molecule has 2 aliphatic rings. The van der Waals surface area contributed by atoms with Gasteiger partial charge in [-0.15, -0.1) is 0 Å². The Morgan fingerprint density at radius 2 is 1.87 bits per heavy atom. The second kappa shape index (κ2) is 9.27. The van der Waals surface area contributed by atoms with E-state index in [0.29, 0.717) is 49.6 Å². The van der Waals surface area contributed by atoms with E-state index in [4.69, 9.17) is 9.51 Å². The van der Waals surface area contributed by atoms with Crippen LogP contribution in [0.4, 0.5) is 10.1 Å². The highest BCUT2D eigenvalue weighted by atomic mass is 32.2. The molecule has 2 atom stereocenters. The van der Waals surface area contributed by atoms with Crippen molar-refractivity contribution >= 4 is 32.7 Å². The summed E-state index contributed by atoms with van der Waals surface area (Å²) in [6.45, 7) is 6.35. The average molecular weight is 552 g/mol. The Balaban J connectivity index is 1.52. The molecule has 9 nitrogen and oxygen atoms in total. The molecule has 0 N–H and O–H groups in total. The standard InChI is InChI=1S/C28H30FN5O4S/c1-16-5-7-20(29)14-25(16)34-24(9-10-26(34)35)28-30-22-13-19(27-17(2)31-38-18(27)3)6-8-23(22)33(28)21-11-12-32(15-21)39(4,36)37/h5-8,13-14,21,24H,9-12,15H2,1-4H3/t21-,24+/m1/s1. The summed E-state index contributed by atoms with van der Waals surface area (Å²) < 4.78 is 48.0. The number of rotatable bonds is 5. The highest BCUT2D eigenvalue weighted by molar-refractivity contribution is 7.88. The molecule has 0 spiro atoms. The van der Waals surface area contributed by atoms with E-state index in [9.17, 15) is 17.6 Å². The number of benzene rings is 2. The molecule has 39 heavy (non-hydrogen) atoms. The van der Waals surface area contributed by atoms with Crippen LogP contribution in [0.2, 0.25) is 0 Å². The minimum absolute atomic E-state index is 0.0899. The Bertz CT molecular complexity index is 1710. The lowest BCUT2D eigenvalue weighted by molar-refractivity contribution is -0.117. The minimum atomic E-state index is -3.35. The predicted octanol–water partition coefficient (Wildman–Crippen LogP) is 4.83. The quantitative estimate of drug-likeness (QED) is 0.352. The van der Waals surface area contributed by atoms with Gasteiger partial charge in [0.1, 0.15) is 17.4 Å². The van der Waals surface area contributed by atoms with Crippen molar-refractivity contribution in [2.45, 2.75) is 52.1 Å². The third-order valence-corrected chi connectivity index (χ3v) is 9.21. The van der Waals surface area contributed by atoms with Gasteiger partial charge in [0.05, 0.1) is 40.8 Å². The highest BCUT2D eigenvalue weighted by Crippen LogP contribution is 2.42. The molecule has 2 saturated heterocycles. The van der Waals surface area contributed by atoms with E-state index in [1.54, 1.807) is 11.0 Å². The summed E-state index contributed by atoms with van der Waals surface area (Å²) in [6, 6.07) is 9.86. The monoisotopic (exact) mass is 551 g/mol. The molecule has 0 aliphatic carbocycles. The number of carbonyl (C=O) groups is 1. The number of fused-ring (bicyclic) bond motifs is 1. The first kappa shape index (κ1) is 25.7. The number of carbonyl (C=O) groups excluding carboxylic acids is 1. The van der Waals surface area contributed by atoms with Gasteiger partial charge in [-0.2, -0.15) is 0 Å². The lowest BCUT2D eigenvalue weighted by atomic mass is 10.0. The first-order valence-corrected chi connectivity index (χ1v) is 14.9. The number of aromatic nitrogens is 3. The number of nitrogens with zero attached hydrogens (tertiary/aromatic N) is 5. The van der Waals surface area contributed by atoms with E-state index in [0.717, 1.165) is 33.4 Å². The van der Waals surface area contributed by atoms with Gasteiger partial charge in [0.25, 0.3) is 0 Å². The van der Waals surface area contributed by atoms with E-state index < -0.39 is 21.9 Å². The molecular weight excluding hydrogens is 521 g/mol. The summed E-state index contributed by atoms with van der Waals surface area (Å²) >= 11 is 0. The predicted molar refractivity (Wildman–Crippen MR) is 145 cm³/mol. The molecule has 4 heterocycles. The van der Waals surface area contributed by atoms with Gasteiger partial charge in [0.2, 0.25) is 15.9 Å². The van der Waals surface area contributed by atoms with Crippen molar-refractivity contribution in [2.24, 2.45) is 0 Å². The minimum Gasteiger partial charge on any atom is -0.361 e. The third-order valence-electron chi connectivity index (χ3n) is 7.94. The maximum Gasteiger partial charge on any atom is 0.227 e. The van der Waals surface area contributed by atoms with Crippen LogP contribution in [0, 0.1) is 26.6 Å². The van der Waals surface area contributed by atoms with Crippen molar-refractivity contribution in [2.75, 3.05) is 24.2 Å². The summed E-state index contributed by atoms with van der Waals surface area (Å²) in [7, 11) is -3.35. The van der Waals surface area contributed by atoms with Gasteiger partial charge < -0.3 is 14.0 Å². The van der Waals surface area contributed by atoms with E-state index in [-0.39, 0.29) is 11.9 Å². The molecule has 2 aromatic heterocycles. The molecule has 4 aromatic rings. The molecule has 2 fully saturated rings. The van der Waals surface area contributed by atoms with Crippen molar-refractivity contribution in [1.29, 1.82) is 0 Å². The van der Waals surface area contributed by atoms with Crippen LogP contribution in [-0.2, 0) is 14.8 Å². The first-order chi connectivity index (χ1) is 18.5. The van der Waals surface area contributed by atoms with Crippen LogP contribution in [0.25, 0.3) is 22.2 Å². The topological polar surface area (TPSA) is 102 Å². The van der Waals surface area contributed by atoms with Crippen LogP contribution in [0.3, 0.4) is 0 Å². The number of anilines is 1. The fourth-order valence-electron chi connectivity index (χ4n) is 6.08. The number of amides is 1. The summed E-state index contributed by atoms with van der Waals surface area (Å²) in [6.07, 6.45) is 2.69. The Hall–Kier alpha value is -3.57. The lowest BCUT2D eigenvalue weighted by Crippen LogP contribution is -2.31. The van der Waals surface area contributed by atoms with Crippen molar-refractivity contribution < 1.29 is 22.1 Å². The number of sulfonamides is 1. The Kier molecular flexibility index (Phi) is 6.11. The first-order valence-electron chi connectivity index (χ1n) is 13.0. The van der Waals surface area contributed by atoms with Gasteiger partial charge in [-0.25, -0.2) is 22.1 Å². The zero-order valence-electron chi connectivity index (χ0n) is 22.3. The maximum atomic E-state index is 14.3. The second-order valence-electron chi connectivity index (χ2n) is 10.6. The van der Waals surface area contributed by atoms with Gasteiger partial charge in [0, 0.05) is 25.1 Å². The van der Waals surface area contributed by atoms with Crippen molar-refractivity contribution in [3.63, 3.8) is 0 Å². The summed E-state index contributed by atoms with van der Waals surface area (Å²) in [5, 5.41) is 4.08. The van der Waals surface area contributed by atoms with Crippen LogP contribution in [-0.4, -0.2) is 52.7 Å². The van der Waals surface area contributed by atoms with Crippen LogP contribution in [0.1, 0.15) is 54.2 Å². The normalized spacial score (nSPS) is 20.5. The zero-order chi connectivity index (χ0) is 27.6. The smallest absolute Gasteiger partial charge is 0.227 e. The average Bonchev–Trinajstić information content (AvgIpc) is 3.65. The fraction of sp³-hybridized carbons (Fsp3) is 0.393. The number of hydrogen-bond donors (Lipinski definition) is 0. The fourth-order valence-corrected chi connectivity index (χ4v) is 6.96. The van der Waals surface area contributed by atoms with Gasteiger partial charge in [0.15, 0.2) is 0 Å². The van der Waals surface area contributed by atoms with Gasteiger partial charge in [-0.05, 0) is 69.0 Å². The van der Waals surface area contributed by atoms with Gasteiger partial charge >= 0.3 is 0 Å². The third kappa shape index (κ3) is 4.33. The molecule has 1 amide bonds. The summed E-state index contributed by atoms with van der Waals surface area (Å²) in [5.41, 5.74) is 5.52. The van der Waals surface area contributed by atoms with Crippen LogP contribution < -0.4 is 4.90 Å². The van der Waals surface area contributed by atoms with E-state index in [1.807, 2.05) is 39.0 Å². The molecule has 2 aromatic carbocycles. The Labute approximate surface area is 226 Å². The molecule has 0 radical (unpaired) electrons. The summed E-state index contributed by atoms with van der Waals surface area (Å²) in [4.78, 5) is 19.9. The number of hydrogen-bond acceptors (Lipinski definition) is 6. The van der Waals surface area contributed by atoms with Gasteiger partial charge in [-0.3, -0.25) is 4.79 Å². The van der Waals surface area contributed by atoms with E-state index in [1.165, 1.54) is 22.7 Å². The number of halogens is 1. The largest absolute Gasteiger partial charge is 0.361 e. The number of aryl methyl sites for hydroxylation is 3. The Morgan fingerprint density at radius 1 is 1.08 bits per heavy atom. The maximum absolute atomic E-state index is 14.3.